The van der Waals surface area contributed by atoms with E-state index in [-0.39, 0.29) is 0 Å². The van der Waals surface area contributed by atoms with Gasteiger partial charge in [0.15, 0.2) is 0 Å². The van der Waals surface area contributed by atoms with Crippen molar-refractivity contribution in [3.8, 4) is 5.75 Å². The van der Waals surface area contributed by atoms with Crippen molar-refractivity contribution in [2.45, 2.75) is 39.2 Å². The van der Waals surface area contributed by atoms with Gasteiger partial charge in [-0.05, 0) is 62.1 Å². The van der Waals surface area contributed by atoms with Crippen LogP contribution in [-0.2, 0) is 0 Å². The summed E-state index contributed by atoms with van der Waals surface area (Å²) < 4.78 is 0. The molecule has 0 radical (unpaired) electrons. The van der Waals surface area contributed by atoms with Crippen LogP contribution in [0.25, 0.3) is 0 Å². The first-order chi connectivity index (χ1) is 7.18. The first-order valence-corrected chi connectivity index (χ1v) is 5.72. The van der Waals surface area contributed by atoms with Crippen LogP contribution in [0.1, 0.15) is 42.0 Å². The lowest BCUT2D eigenvalue weighted by Gasteiger charge is -2.27. The smallest absolute Gasteiger partial charge is 0.116 e. The molecule has 1 aromatic carbocycles. The van der Waals surface area contributed by atoms with Gasteiger partial charge in [0.25, 0.3) is 0 Å². The molecule has 1 heterocycles. The number of phenols is 1. The fourth-order valence-corrected chi connectivity index (χ4v) is 2.60. The lowest BCUT2D eigenvalue weighted by atomic mass is 9.90. The molecule has 2 rings (SSSR count). The van der Waals surface area contributed by atoms with Crippen molar-refractivity contribution < 1.29 is 5.11 Å². The minimum absolute atomic E-state index is 0.379. The summed E-state index contributed by atoms with van der Waals surface area (Å²) in [4.78, 5) is 0. The molecule has 0 spiro atoms. The Morgan fingerprint density at radius 3 is 2.40 bits per heavy atom. The number of nitrogens with one attached hydrogen (secondary N) is 1. The van der Waals surface area contributed by atoms with E-state index in [2.05, 4.69) is 19.2 Å². The number of aryl methyl sites for hydroxylation is 2. The molecule has 82 valence electrons. The van der Waals surface area contributed by atoms with Crippen molar-refractivity contribution in [3.05, 3.63) is 28.8 Å². The van der Waals surface area contributed by atoms with Gasteiger partial charge in [-0.15, -0.1) is 0 Å². The van der Waals surface area contributed by atoms with Crippen LogP contribution in [0.2, 0.25) is 0 Å². The third kappa shape index (κ3) is 2.15. The van der Waals surface area contributed by atoms with Crippen LogP contribution in [0.4, 0.5) is 0 Å². The molecule has 0 unspecified atom stereocenters. The van der Waals surface area contributed by atoms with Gasteiger partial charge in [0.1, 0.15) is 5.75 Å². The molecule has 0 amide bonds. The maximum Gasteiger partial charge on any atom is 0.116 e. The average Bonchev–Trinajstić information content (AvgIpc) is 2.17. The number of hydrogen-bond acceptors (Lipinski definition) is 2. The molecule has 15 heavy (non-hydrogen) atoms. The van der Waals surface area contributed by atoms with Gasteiger partial charge in [-0.3, -0.25) is 0 Å². The molecule has 1 aromatic rings. The molecule has 1 atom stereocenters. The van der Waals surface area contributed by atoms with E-state index < -0.39 is 0 Å². The molecule has 0 aromatic heterocycles. The summed E-state index contributed by atoms with van der Waals surface area (Å²) in [5.74, 6) is 0.379. The number of aromatic hydroxyl groups is 1. The number of piperidine rings is 1. The molecule has 1 fully saturated rings. The van der Waals surface area contributed by atoms with Gasteiger partial charge in [0, 0.05) is 6.04 Å². The molecule has 1 aliphatic heterocycles. The van der Waals surface area contributed by atoms with E-state index in [1.807, 2.05) is 12.1 Å². The summed E-state index contributed by atoms with van der Waals surface area (Å²) in [5, 5.41) is 13.1. The van der Waals surface area contributed by atoms with Gasteiger partial charge in [0.05, 0.1) is 0 Å². The van der Waals surface area contributed by atoms with Crippen LogP contribution in [0.15, 0.2) is 12.1 Å². The highest BCUT2D eigenvalue weighted by atomic mass is 16.3. The maximum atomic E-state index is 9.50. The second-order valence-electron chi connectivity index (χ2n) is 4.50. The summed E-state index contributed by atoms with van der Waals surface area (Å²) in [7, 11) is 0. The molecular weight excluding hydrogens is 186 g/mol. The van der Waals surface area contributed by atoms with Crippen LogP contribution in [0.3, 0.4) is 0 Å². The van der Waals surface area contributed by atoms with Gasteiger partial charge in [-0.1, -0.05) is 6.42 Å². The zero-order chi connectivity index (χ0) is 10.8. The largest absolute Gasteiger partial charge is 0.508 e. The summed E-state index contributed by atoms with van der Waals surface area (Å²) in [6, 6.07) is 4.20. The van der Waals surface area contributed by atoms with Crippen LogP contribution in [0.5, 0.6) is 5.75 Å². The van der Waals surface area contributed by atoms with Crippen LogP contribution in [0, 0.1) is 13.8 Å². The Kier molecular flexibility index (Phi) is 2.96. The van der Waals surface area contributed by atoms with Crippen molar-refractivity contribution in [2.24, 2.45) is 0 Å². The zero-order valence-corrected chi connectivity index (χ0v) is 9.51. The second kappa shape index (κ2) is 4.23. The lowest BCUT2D eigenvalue weighted by Crippen LogP contribution is -2.27. The first-order valence-electron chi connectivity index (χ1n) is 5.72. The van der Waals surface area contributed by atoms with E-state index in [4.69, 9.17) is 0 Å². The summed E-state index contributed by atoms with van der Waals surface area (Å²) in [6.45, 7) is 5.28. The molecule has 0 aliphatic carbocycles. The van der Waals surface area contributed by atoms with Crippen LogP contribution >= 0.6 is 0 Å². The number of phenolic OH excluding ortho intramolecular Hbond substituents is 1. The summed E-state index contributed by atoms with van der Waals surface area (Å²) >= 11 is 0. The molecule has 2 N–H and O–H groups in total. The Hall–Kier alpha value is -1.02. The summed E-state index contributed by atoms with van der Waals surface area (Å²) in [6.07, 6.45) is 3.80. The van der Waals surface area contributed by atoms with Gasteiger partial charge in [-0.25, -0.2) is 0 Å². The Balaban J connectivity index is 2.33. The number of rotatable bonds is 1. The molecule has 0 bridgehead atoms. The maximum absolute atomic E-state index is 9.50. The monoisotopic (exact) mass is 205 g/mol. The predicted octanol–water partition coefficient (Wildman–Crippen LogP) is 2.82. The highest BCUT2D eigenvalue weighted by Gasteiger charge is 2.18. The second-order valence-corrected chi connectivity index (χ2v) is 4.50. The van der Waals surface area contributed by atoms with Gasteiger partial charge in [-0.2, -0.15) is 0 Å². The minimum Gasteiger partial charge on any atom is -0.508 e. The van der Waals surface area contributed by atoms with Gasteiger partial charge < -0.3 is 10.4 Å². The highest BCUT2D eigenvalue weighted by Crippen LogP contribution is 2.30. The van der Waals surface area contributed by atoms with Crippen molar-refractivity contribution in [3.63, 3.8) is 0 Å². The van der Waals surface area contributed by atoms with Crippen molar-refractivity contribution in [1.82, 2.24) is 5.32 Å². The van der Waals surface area contributed by atoms with Crippen molar-refractivity contribution in [2.75, 3.05) is 6.54 Å². The molecule has 2 nitrogen and oxygen atoms in total. The normalized spacial score (nSPS) is 21.6. The molecule has 1 saturated heterocycles. The van der Waals surface area contributed by atoms with Crippen molar-refractivity contribution >= 4 is 0 Å². The Morgan fingerprint density at radius 1 is 1.20 bits per heavy atom. The Labute approximate surface area is 91.3 Å². The van der Waals surface area contributed by atoms with Crippen molar-refractivity contribution in [1.29, 1.82) is 0 Å². The Bertz CT molecular complexity index is 331. The third-order valence-electron chi connectivity index (χ3n) is 3.24. The third-order valence-corrected chi connectivity index (χ3v) is 3.24. The molecule has 2 heteroatoms. The lowest BCUT2D eigenvalue weighted by molar-refractivity contribution is 0.408. The SMILES string of the molecule is Cc1cc(O)cc(C)c1[C@H]1CCCCN1. The van der Waals surface area contributed by atoms with Gasteiger partial charge >= 0.3 is 0 Å². The van der Waals surface area contributed by atoms with E-state index in [0.29, 0.717) is 11.8 Å². The van der Waals surface area contributed by atoms with E-state index in [9.17, 15) is 5.11 Å². The number of hydrogen-bond donors (Lipinski definition) is 2. The summed E-state index contributed by atoms with van der Waals surface area (Å²) in [5.41, 5.74) is 3.78. The van der Waals surface area contributed by atoms with Gasteiger partial charge in [0.2, 0.25) is 0 Å². The van der Waals surface area contributed by atoms with E-state index in [0.717, 1.165) is 6.54 Å². The van der Waals surface area contributed by atoms with Crippen LogP contribution in [-0.4, -0.2) is 11.7 Å². The molecular formula is C13H19NO. The minimum atomic E-state index is 0.379. The predicted molar refractivity (Wildman–Crippen MR) is 62.2 cm³/mol. The first kappa shape index (κ1) is 10.5. The van der Waals surface area contributed by atoms with E-state index in [1.165, 1.54) is 36.0 Å². The Morgan fingerprint density at radius 2 is 1.87 bits per heavy atom. The molecule has 0 saturated carbocycles. The fraction of sp³-hybridized carbons (Fsp3) is 0.538. The standard InChI is InChI=1S/C13H19NO/c1-9-7-11(15)8-10(2)13(9)12-5-3-4-6-14-12/h7-8,12,14-15H,3-6H2,1-2H3/t12-/m1/s1. The highest BCUT2D eigenvalue weighted by molar-refractivity contribution is 5.42. The molecule has 1 aliphatic rings. The van der Waals surface area contributed by atoms with E-state index in [1.54, 1.807) is 0 Å². The number of benzene rings is 1. The quantitative estimate of drug-likeness (QED) is 0.739. The fourth-order valence-electron chi connectivity index (χ4n) is 2.60. The topological polar surface area (TPSA) is 32.3 Å². The van der Waals surface area contributed by atoms with E-state index >= 15 is 0 Å². The average molecular weight is 205 g/mol. The van der Waals surface area contributed by atoms with Crippen LogP contribution < -0.4 is 5.32 Å². The zero-order valence-electron chi connectivity index (χ0n) is 9.51.